The Morgan fingerprint density at radius 1 is 0.365 bits per heavy atom. The molecule has 9 aromatic rings. The number of nitrogens with zero attached hydrogens (tertiary/aromatic N) is 2. The van der Waals surface area contributed by atoms with Crippen molar-refractivity contribution in [2.45, 2.75) is 27.7 Å². The second kappa shape index (κ2) is 12.7. The van der Waals surface area contributed by atoms with Crippen molar-refractivity contribution in [2.75, 3.05) is 4.90 Å². The molecule has 0 aliphatic carbocycles. The van der Waals surface area contributed by atoms with Crippen LogP contribution in [-0.2, 0) is 0 Å². The van der Waals surface area contributed by atoms with E-state index in [0.29, 0.717) is 0 Å². The quantitative estimate of drug-likeness (QED) is 0.171. The molecule has 52 heavy (non-hydrogen) atoms. The largest absolute Gasteiger partial charge is 0.310 e. The molecule has 1 heterocycles. The lowest BCUT2D eigenvalue weighted by molar-refractivity contribution is 1.18. The maximum Gasteiger partial charge on any atom is 0.0547 e. The molecule has 0 aliphatic rings. The van der Waals surface area contributed by atoms with Crippen molar-refractivity contribution in [2.24, 2.45) is 0 Å². The van der Waals surface area contributed by atoms with Crippen LogP contribution >= 0.6 is 0 Å². The van der Waals surface area contributed by atoms with E-state index >= 15 is 0 Å². The number of anilines is 3. The van der Waals surface area contributed by atoms with Crippen molar-refractivity contribution in [3.8, 4) is 27.9 Å². The van der Waals surface area contributed by atoms with Crippen LogP contribution in [0.2, 0.25) is 0 Å². The van der Waals surface area contributed by atoms with E-state index in [-0.39, 0.29) is 0 Å². The van der Waals surface area contributed by atoms with E-state index < -0.39 is 0 Å². The molecule has 2 heteroatoms. The van der Waals surface area contributed by atoms with Crippen LogP contribution in [-0.4, -0.2) is 4.57 Å². The van der Waals surface area contributed by atoms with Gasteiger partial charge in [-0.1, -0.05) is 103 Å². The summed E-state index contributed by atoms with van der Waals surface area (Å²) in [5, 5.41) is 4.99. The average molecular weight is 669 g/mol. The molecule has 2 nitrogen and oxygen atoms in total. The Hall–Kier alpha value is -6.38. The van der Waals surface area contributed by atoms with E-state index in [1.165, 1.54) is 77.1 Å². The molecule has 8 aromatic carbocycles. The van der Waals surface area contributed by atoms with Crippen molar-refractivity contribution in [1.29, 1.82) is 0 Å². The Morgan fingerprint density at radius 2 is 0.962 bits per heavy atom. The van der Waals surface area contributed by atoms with Crippen LogP contribution in [0.4, 0.5) is 17.1 Å². The lowest BCUT2D eigenvalue weighted by Gasteiger charge is -2.26. The summed E-state index contributed by atoms with van der Waals surface area (Å²) >= 11 is 0. The molecule has 0 spiro atoms. The van der Waals surface area contributed by atoms with E-state index in [4.69, 9.17) is 0 Å². The molecule has 0 saturated heterocycles. The summed E-state index contributed by atoms with van der Waals surface area (Å²) in [6, 6.07) is 62.1. The zero-order valence-electron chi connectivity index (χ0n) is 30.1. The zero-order valence-corrected chi connectivity index (χ0v) is 30.1. The van der Waals surface area contributed by atoms with E-state index in [2.05, 4.69) is 207 Å². The highest BCUT2D eigenvalue weighted by Crippen LogP contribution is 2.43. The lowest BCUT2D eigenvalue weighted by Crippen LogP contribution is -2.10. The minimum absolute atomic E-state index is 1.12. The standard InChI is InChI=1S/C50H40N2/c1-33-15-11-13-21-42(33)43-27-25-40(29-36(43)4)51(38-17-7-5-8-18-38)41-26-28-48-46(31-41)47-32-45-37(30-49(47)52(48)39-19-9-6-10-20-39)24-23-35(3)50(45)44-22-14-12-16-34(44)2/h5-32H,1-4H3. The number of fused-ring (bicyclic) bond motifs is 4. The number of para-hydroxylation sites is 2. The summed E-state index contributed by atoms with van der Waals surface area (Å²) in [5.74, 6) is 0. The number of rotatable bonds is 6. The van der Waals surface area contributed by atoms with Crippen LogP contribution in [0.5, 0.6) is 0 Å². The Bertz CT molecular complexity index is 2770. The molecule has 250 valence electrons. The van der Waals surface area contributed by atoms with Crippen LogP contribution in [0.3, 0.4) is 0 Å². The summed E-state index contributed by atoms with van der Waals surface area (Å²) < 4.78 is 2.43. The monoisotopic (exact) mass is 668 g/mol. The molecule has 0 bridgehead atoms. The van der Waals surface area contributed by atoms with Gasteiger partial charge in [-0.25, -0.2) is 0 Å². The highest BCUT2D eigenvalue weighted by Gasteiger charge is 2.20. The number of aromatic nitrogens is 1. The molecular weight excluding hydrogens is 629 g/mol. The molecule has 0 unspecified atom stereocenters. The highest BCUT2D eigenvalue weighted by atomic mass is 15.1. The van der Waals surface area contributed by atoms with Gasteiger partial charge < -0.3 is 9.47 Å². The first-order valence-electron chi connectivity index (χ1n) is 18.1. The van der Waals surface area contributed by atoms with Crippen LogP contribution in [0, 0.1) is 27.7 Å². The Kier molecular flexibility index (Phi) is 7.74. The maximum atomic E-state index is 2.44. The number of hydrogen-bond acceptors (Lipinski definition) is 1. The summed E-state index contributed by atoms with van der Waals surface area (Å²) in [4.78, 5) is 2.39. The lowest BCUT2D eigenvalue weighted by atomic mass is 9.90. The van der Waals surface area contributed by atoms with Gasteiger partial charge in [0.15, 0.2) is 0 Å². The molecular formula is C50H40N2. The number of benzene rings is 8. The molecule has 1 aromatic heterocycles. The third-order valence-electron chi connectivity index (χ3n) is 10.7. The fraction of sp³-hybridized carbons (Fsp3) is 0.0800. The zero-order chi connectivity index (χ0) is 35.3. The van der Waals surface area contributed by atoms with Crippen LogP contribution in [0.15, 0.2) is 170 Å². The van der Waals surface area contributed by atoms with Gasteiger partial charge in [-0.3, -0.25) is 0 Å². The third-order valence-corrected chi connectivity index (χ3v) is 10.7. The van der Waals surface area contributed by atoms with Gasteiger partial charge in [0.25, 0.3) is 0 Å². The SMILES string of the molecule is Cc1ccccc1-c1ccc(N(c2ccccc2)c2ccc3c(c2)c2cc4c(-c5ccccc5C)c(C)ccc4cc2n3-c2ccccc2)cc1C. The predicted octanol–water partition coefficient (Wildman–Crippen LogP) is 14.0. The van der Waals surface area contributed by atoms with Gasteiger partial charge >= 0.3 is 0 Å². The fourth-order valence-corrected chi connectivity index (χ4v) is 8.13. The van der Waals surface area contributed by atoms with Crippen LogP contribution in [0.25, 0.3) is 60.5 Å². The summed E-state index contributed by atoms with van der Waals surface area (Å²) in [6.45, 7) is 8.87. The van der Waals surface area contributed by atoms with E-state index in [9.17, 15) is 0 Å². The smallest absolute Gasteiger partial charge is 0.0547 e. The first-order chi connectivity index (χ1) is 25.5. The first-order valence-corrected chi connectivity index (χ1v) is 18.1. The van der Waals surface area contributed by atoms with Gasteiger partial charge in [0.05, 0.1) is 11.0 Å². The van der Waals surface area contributed by atoms with Gasteiger partial charge in [0.1, 0.15) is 0 Å². The minimum atomic E-state index is 1.12. The summed E-state index contributed by atoms with van der Waals surface area (Å²) in [7, 11) is 0. The van der Waals surface area contributed by atoms with Crippen molar-refractivity contribution in [3.05, 3.63) is 192 Å². The highest BCUT2D eigenvalue weighted by molar-refractivity contribution is 6.16. The molecule has 0 atom stereocenters. The first kappa shape index (κ1) is 31.6. The van der Waals surface area contributed by atoms with E-state index in [1.807, 2.05) is 0 Å². The summed E-state index contributed by atoms with van der Waals surface area (Å²) in [5.41, 5.74) is 17.2. The molecule has 0 saturated carbocycles. The molecule has 0 fully saturated rings. The van der Waals surface area contributed by atoms with Crippen molar-refractivity contribution in [3.63, 3.8) is 0 Å². The summed E-state index contributed by atoms with van der Waals surface area (Å²) in [6.07, 6.45) is 0. The minimum Gasteiger partial charge on any atom is -0.310 e. The van der Waals surface area contributed by atoms with Gasteiger partial charge in [-0.2, -0.15) is 0 Å². The number of aryl methyl sites for hydroxylation is 4. The topological polar surface area (TPSA) is 8.17 Å². The maximum absolute atomic E-state index is 2.44. The average Bonchev–Trinajstić information content (AvgIpc) is 3.48. The van der Waals surface area contributed by atoms with Crippen molar-refractivity contribution >= 4 is 49.6 Å². The van der Waals surface area contributed by atoms with Crippen molar-refractivity contribution in [1.82, 2.24) is 4.57 Å². The molecule has 0 N–H and O–H groups in total. The van der Waals surface area contributed by atoms with Crippen LogP contribution in [0.1, 0.15) is 22.3 Å². The molecule has 0 amide bonds. The Balaban J connectivity index is 1.31. The molecule has 9 rings (SSSR count). The Labute approximate surface area is 305 Å². The number of hydrogen-bond donors (Lipinski definition) is 0. The van der Waals surface area contributed by atoms with Crippen molar-refractivity contribution < 1.29 is 0 Å². The predicted molar refractivity (Wildman–Crippen MR) is 223 cm³/mol. The van der Waals surface area contributed by atoms with Gasteiger partial charge in [0.2, 0.25) is 0 Å². The van der Waals surface area contributed by atoms with E-state index in [0.717, 1.165) is 22.7 Å². The van der Waals surface area contributed by atoms with Gasteiger partial charge in [-0.05, 0) is 150 Å². The normalized spacial score (nSPS) is 11.5. The Morgan fingerprint density at radius 3 is 1.67 bits per heavy atom. The van der Waals surface area contributed by atoms with Gasteiger partial charge in [0, 0.05) is 33.5 Å². The third kappa shape index (κ3) is 5.27. The second-order valence-electron chi connectivity index (χ2n) is 14.0. The van der Waals surface area contributed by atoms with E-state index in [1.54, 1.807) is 0 Å². The van der Waals surface area contributed by atoms with Crippen LogP contribution < -0.4 is 4.90 Å². The fourth-order valence-electron chi connectivity index (χ4n) is 8.13. The molecule has 0 radical (unpaired) electrons. The molecule has 0 aliphatic heterocycles. The van der Waals surface area contributed by atoms with Gasteiger partial charge in [-0.15, -0.1) is 0 Å². The second-order valence-corrected chi connectivity index (χ2v) is 14.0.